The molecule has 6 rings (SSSR count). The Kier molecular flexibility index (Phi) is 5.61. The van der Waals surface area contributed by atoms with Gasteiger partial charge in [-0.1, -0.05) is 84.4 Å². The summed E-state index contributed by atoms with van der Waals surface area (Å²) in [5.74, 6) is -0.513. The van der Waals surface area contributed by atoms with Crippen molar-refractivity contribution in [3.05, 3.63) is 131 Å². The van der Waals surface area contributed by atoms with Gasteiger partial charge < -0.3 is 0 Å². The fourth-order valence-electron chi connectivity index (χ4n) is 5.66. The summed E-state index contributed by atoms with van der Waals surface area (Å²) in [5.41, 5.74) is 9.81. The number of hydrogen-bond acceptors (Lipinski definition) is 0. The van der Waals surface area contributed by atoms with E-state index in [-0.39, 0.29) is 11.6 Å². The van der Waals surface area contributed by atoms with E-state index < -0.39 is 0 Å². The van der Waals surface area contributed by atoms with Crippen LogP contribution >= 0.6 is 0 Å². The number of halogens is 2. The standard InChI is InChI=1S/C35H26F2/c1-21-10-19-31-32(20-21)35(25-13-17-27(37)18-14-25)34(23(3)33(31)24-11-15-26(36)16-12-24)30-9-5-7-28-22(2)6-4-8-29(28)30/h4-20H,1-3H3. The Morgan fingerprint density at radius 3 is 1.73 bits per heavy atom. The normalized spacial score (nSPS) is 11.4. The fourth-order valence-corrected chi connectivity index (χ4v) is 5.66. The monoisotopic (exact) mass is 484 g/mol. The van der Waals surface area contributed by atoms with Crippen LogP contribution in [0.3, 0.4) is 0 Å². The van der Waals surface area contributed by atoms with Gasteiger partial charge in [0.05, 0.1) is 0 Å². The van der Waals surface area contributed by atoms with Crippen molar-refractivity contribution in [3.8, 4) is 33.4 Å². The van der Waals surface area contributed by atoms with Crippen molar-refractivity contribution in [2.45, 2.75) is 20.8 Å². The first-order valence-electron chi connectivity index (χ1n) is 12.5. The molecular formula is C35H26F2. The van der Waals surface area contributed by atoms with Crippen molar-refractivity contribution in [2.24, 2.45) is 0 Å². The second kappa shape index (κ2) is 8.97. The molecular weight excluding hydrogens is 458 g/mol. The Labute approximate surface area is 215 Å². The van der Waals surface area contributed by atoms with Crippen LogP contribution in [0.15, 0.2) is 103 Å². The molecule has 0 aliphatic carbocycles. The van der Waals surface area contributed by atoms with E-state index in [1.807, 2.05) is 24.3 Å². The van der Waals surface area contributed by atoms with Gasteiger partial charge in [0.25, 0.3) is 0 Å². The van der Waals surface area contributed by atoms with Crippen molar-refractivity contribution in [3.63, 3.8) is 0 Å². The van der Waals surface area contributed by atoms with Gasteiger partial charge in [0.15, 0.2) is 0 Å². The third kappa shape index (κ3) is 3.90. The number of rotatable bonds is 3. The maximum atomic E-state index is 14.0. The lowest BCUT2D eigenvalue weighted by atomic mass is 9.80. The van der Waals surface area contributed by atoms with Gasteiger partial charge in [0.1, 0.15) is 11.6 Å². The molecule has 0 heterocycles. The molecule has 0 aromatic heterocycles. The van der Waals surface area contributed by atoms with Crippen LogP contribution in [0, 0.1) is 32.4 Å². The van der Waals surface area contributed by atoms with Gasteiger partial charge in [0.2, 0.25) is 0 Å². The molecule has 6 aromatic carbocycles. The molecule has 0 atom stereocenters. The van der Waals surface area contributed by atoms with E-state index in [4.69, 9.17) is 0 Å². The van der Waals surface area contributed by atoms with Gasteiger partial charge in [-0.15, -0.1) is 0 Å². The van der Waals surface area contributed by atoms with Gasteiger partial charge in [0, 0.05) is 0 Å². The van der Waals surface area contributed by atoms with Crippen LogP contribution in [0.1, 0.15) is 16.7 Å². The molecule has 0 fully saturated rings. The van der Waals surface area contributed by atoms with Gasteiger partial charge in [-0.25, -0.2) is 8.78 Å². The predicted octanol–water partition coefficient (Wildman–Crippen LogP) is 10.2. The highest BCUT2D eigenvalue weighted by atomic mass is 19.1. The van der Waals surface area contributed by atoms with Gasteiger partial charge >= 0.3 is 0 Å². The molecule has 180 valence electrons. The largest absolute Gasteiger partial charge is 0.207 e. The molecule has 0 saturated carbocycles. The first-order chi connectivity index (χ1) is 17.9. The maximum Gasteiger partial charge on any atom is 0.123 e. The highest BCUT2D eigenvalue weighted by molar-refractivity contribution is 6.15. The average molecular weight is 485 g/mol. The van der Waals surface area contributed by atoms with Crippen molar-refractivity contribution in [1.29, 1.82) is 0 Å². The van der Waals surface area contributed by atoms with E-state index in [0.717, 1.165) is 55.3 Å². The summed E-state index contributed by atoms with van der Waals surface area (Å²) in [6, 6.07) is 32.8. The van der Waals surface area contributed by atoms with E-state index in [2.05, 4.69) is 75.4 Å². The second-order valence-electron chi connectivity index (χ2n) is 9.79. The quantitative estimate of drug-likeness (QED) is 0.234. The molecule has 0 N–H and O–H groups in total. The zero-order chi connectivity index (χ0) is 25.7. The minimum absolute atomic E-state index is 0.255. The van der Waals surface area contributed by atoms with Crippen molar-refractivity contribution >= 4 is 21.5 Å². The minimum Gasteiger partial charge on any atom is -0.207 e. The molecule has 0 aliphatic rings. The molecule has 0 bridgehead atoms. The Balaban J connectivity index is 1.84. The Morgan fingerprint density at radius 1 is 0.459 bits per heavy atom. The molecule has 6 aromatic rings. The molecule has 0 saturated heterocycles. The zero-order valence-corrected chi connectivity index (χ0v) is 21.1. The van der Waals surface area contributed by atoms with Crippen molar-refractivity contribution in [1.82, 2.24) is 0 Å². The maximum absolute atomic E-state index is 14.0. The summed E-state index contributed by atoms with van der Waals surface area (Å²) < 4.78 is 27.9. The average Bonchev–Trinajstić information content (AvgIpc) is 2.90. The van der Waals surface area contributed by atoms with Crippen LogP contribution < -0.4 is 0 Å². The summed E-state index contributed by atoms with van der Waals surface area (Å²) in [7, 11) is 0. The van der Waals surface area contributed by atoms with E-state index in [9.17, 15) is 8.78 Å². The summed E-state index contributed by atoms with van der Waals surface area (Å²) in [5, 5.41) is 4.56. The van der Waals surface area contributed by atoms with Gasteiger partial charge in [-0.2, -0.15) is 0 Å². The predicted molar refractivity (Wildman–Crippen MR) is 152 cm³/mol. The lowest BCUT2D eigenvalue weighted by Crippen LogP contribution is -1.98. The third-order valence-corrected chi connectivity index (χ3v) is 7.39. The summed E-state index contributed by atoms with van der Waals surface area (Å²) in [4.78, 5) is 0. The lowest BCUT2D eigenvalue weighted by molar-refractivity contribution is 0.627. The van der Waals surface area contributed by atoms with E-state index in [0.29, 0.717) is 0 Å². The summed E-state index contributed by atoms with van der Waals surface area (Å²) in [6.45, 7) is 6.37. The first kappa shape index (κ1) is 23.1. The van der Waals surface area contributed by atoms with Crippen LogP contribution in [0.5, 0.6) is 0 Å². The molecule has 0 radical (unpaired) electrons. The molecule has 0 spiro atoms. The smallest absolute Gasteiger partial charge is 0.123 e. The molecule has 37 heavy (non-hydrogen) atoms. The van der Waals surface area contributed by atoms with Gasteiger partial charge in [-0.3, -0.25) is 0 Å². The highest BCUT2D eigenvalue weighted by Crippen LogP contribution is 2.48. The number of benzene rings is 6. The number of hydrogen-bond donors (Lipinski definition) is 0. The first-order valence-corrected chi connectivity index (χ1v) is 12.5. The fraction of sp³-hybridized carbons (Fsp3) is 0.0857. The van der Waals surface area contributed by atoms with Crippen LogP contribution in [-0.4, -0.2) is 0 Å². The third-order valence-electron chi connectivity index (χ3n) is 7.39. The van der Waals surface area contributed by atoms with E-state index >= 15 is 0 Å². The van der Waals surface area contributed by atoms with Crippen molar-refractivity contribution in [2.75, 3.05) is 0 Å². The number of fused-ring (bicyclic) bond motifs is 2. The van der Waals surface area contributed by atoms with Crippen LogP contribution in [0.4, 0.5) is 8.78 Å². The Morgan fingerprint density at radius 2 is 1.05 bits per heavy atom. The topological polar surface area (TPSA) is 0 Å². The number of aryl methyl sites for hydroxylation is 2. The summed E-state index contributed by atoms with van der Waals surface area (Å²) >= 11 is 0. The highest BCUT2D eigenvalue weighted by Gasteiger charge is 2.22. The molecule has 0 aliphatic heterocycles. The second-order valence-corrected chi connectivity index (χ2v) is 9.79. The Bertz CT molecular complexity index is 1790. The minimum atomic E-state index is -0.258. The zero-order valence-electron chi connectivity index (χ0n) is 21.1. The van der Waals surface area contributed by atoms with E-state index in [1.54, 1.807) is 0 Å². The lowest BCUT2D eigenvalue weighted by Gasteiger charge is -2.23. The summed E-state index contributed by atoms with van der Waals surface area (Å²) in [6.07, 6.45) is 0. The van der Waals surface area contributed by atoms with E-state index in [1.165, 1.54) is 40.6 Å². The SMILES string of the molecule is Cc1ccc2c(-c3ccc(F)cc3)c(C)c(-c3cccc4c(C)cccc34)c(-c3ccc(F)cc3)c2c1. The Hall–Kier alpha value is -4.30. The molecule has 0 amide bonds. The molecule has 2 heteroatoms. The van der Waals surface area contributed by atoms with Crippen molar-refractivity contribution < 1.29 is 8.78 Å². The molecule has 0 nitrogen and oxygen atoms in total. The van der Waals surface area contributed by atoms with Crippen LogP contribution in [0.2, 0.25) is 0 Å². The van der Waals surface area contributed by atoms with Gasteiger partial charge in [-0.05, 0) is 111 Å². The van der Waals surface area contributed by atoms with Crippen LogP contribution in [-0.2, 0) is 0 Å². The molecule has 0 unspecified atom stereocenters. The van der Waals surface area contributed by atoms with Crippen LogP contribution in [0.25, 0.3) is 54.9 Å².